The van der Waals surface area contributed by atoms with Crippen molar-refractivity contribution in [2.24, 2.45) is 5.41 Å². The van der Waals surface area contributed by atoms with Crippen LogP contribution in [0.5, 0.6) is 0 Å². The van der Waals surface area contributed by atoms with Gasteiger partial charge in [0.15, 0.2) is 5.78 Å². The third-order valence-corrected chi connectivity index (χ3v) is 5.41. The highest BCUT2D eigenvalue weighted by atomic mass is 79.9. The molecule has 0 amide bonds. The summed E-state index contributed by atoms with van der Waals surface area (Å²) in [6.45, 7) is 1.57. The number of hydrogen-bond acceptors (Lipinski definition) is 3. The lowest BCUT2D eigenvalue weighted by molar-refractivity contribution is -0.125. The molecule has 2 rings (SSSR count). The Morgan fingerprint density at radius 3 is 2.94 bits per heavy atom. The van der Waals surface area contributed by atoms with Crippen LogP contribution in [0.1, 0.15) is 47.8 Å². The van der Waals surface area contributed by atoms with Crippen LogP contribution in [0.2, 0.25) is 0 Å². The Hall–Kier alpha value is -0.480. The third-order valence-electron chi connectivity index (χ3n) is 3.86. The van der Waals surface area contributed by atoms with E-state index >= 15 is 0 Å². The first-order valence-electron chi connectivity index (χ1n) is 6.30. The number of halogens is 1. The average Bonchev–Trinajstić information content (AvgIpc) is 2.81. The summed E-state index contributed by atoms with van der Waals surface area (Å²) in [4.78, 5) is 25.8. The van der Waals surface area contributed by atoms with Crippen LogP contribution in [-0.2, 0) is 11.2 Å². The first-order valence-corrected chi connectivity index (χ1v) is 8.30. The van der Waals surface area contributed by atoms with Gasteiger partial charge in [0, 0.05) is 15.8 Å². The zero-order chi connectivity index (χ0) is 13.2. The Morgan fingerprint density at radius 1 is 1.50 bits per heavy atom. The maximum absolute atomic E-state index is 12.6. The van der Waals surface area contributed by atoms with Crippen molar-refractivity contribution in [3.63, 3.8) is 0 Å². The summed E-state index contributed by atoms with van der Waals surface area (Å²) in [5.41, 5.74) is 0.0521. The first-order chi connectivity index (χ1) is 8.62. The molecule has 1 aromatic heterocycles. The number of thiophene rings is 1. The van der Waals surface area contributed by atoms with E-state index in [9.17, 15) is 9.59 Å². The summed E-state index contributed by atoms with van der Waals surface area (Å²) < 4.78 is 0. The van der Waals surface area contributed by atoms with Crippen LogP contribution in [0, 0.1) is 5.41 Å². The van der Waals surface area contributed by atoms with Crippen molar-refractivity contribution in [2.45, 2.75) is 39.0 Å². The highest BCUT2D eigenvalue weighted by Gasteiger charge is 2.46. The van der Waals surface area contributed by atoms with E-state index < -0.39 is 5.41 Å². The fraction of sp³-hybridized carbons (Fsp3) is 0.571. The molecule has 0 aromatic carbocycles. The second-order valence-electron chi connectivity index (χ2n) is 4.87. The Labute approximate surface area is 120 Å². The van der Waals surface area contributed by atoms with Gasteiger partial charge in [-0.1, -0.05) is 22.4 Å². The number of unbranched alkanes of at least 4 members (excludes halogenated alkanes) is 1. The Bertz CT molecular complexity index is 466. The predicted molar refractivity (Wildman–Crippen MR) is 77.7 cm³/mol. The minimum absolute atomic E-state index is 0.0407. The van der Waals surface area contributed by atoms with Crippen molar-refractivity contribution in [2.75, 3.05) is 5.33 Å². The summed E-state index contributed by atoms with van der Waals surface area (Å²) >= 11 is 5.03. The van der Waals surface area contributed by atoms with Crippen molar-refractivity contribution in [1.29, 1.82) is 0 Å². The van der Waals surface area contributed by atoms with Crippen molar-refractivity contribution in [1.82, 2.24) is 0 Å². The molecule has 0 radical (unpaired) electrons. The topological polar surface area (TPSA) is 34.1 Å². The molecule has 0 bridgehead atoms. The second-order valence-corrected chi connectivity index (χ2v) is 6.66. The molecule has 18 heavy (non-hydrogen) atoms. The molecule has 1 unspecified atom stereocenters. The van der Waals surface area contributed by atoms with Gasteiger partial charge in [-0.25, -0.2) is 0 Å². The fourth-order valence-corrected chi connectivity index (χ4v) is 3.98. The highest BCUT2D eigenvalue weighted by Crippen LogP contribution is 2.42. The van der Waals surface area contributed by atoms with Crippen LogP contribution < -0.4 is 0 Å². The Morgan fingerprint density at radius 2 is 2.28 bits per heavy atom. The van der Waals surface area contributed by atoms with Crippen molar-refractivity contribution < 1.29 is 9.59 Å². The van der Waals surface area contributed by atoms with E-state index in [1.54, 1.807) is 18.3 Å². The molecule has 0 saturated carbocycles. The van der Waals surface area contributed by atoms with Crippen LogP contribution in [-0.4, -0.2) is 16.9 Å². The van der Waals surface area contributed by atoms with Gasteiger partial charge in [-0.3, -0.25) is 9.59 Å². The molecule has 0 spiro atoms. The molecule has 0 saturated heterocycles. The number of ketones is 2. The maximum Gasteiger partial charge on any atom is 0.177 e. The molecular formula is C14H17BrO2S. The summed E-state index contributed by atoms with van der Waals surface area (Å²) in [7, 11) is 0. The Balaban J connectivity index is 2.27. The highest BCUT2D eigenvalue weighted by molar-refractivity contribution is 9.09. The summed E-state index contributed by atoms with van der Waals surface area (Å²) in [6.07, 6.45) is 4.19. The van der Waals surface area contributed by atoms with Crippen LogP contribution in [0.25, 0.3) is 0 Å². The molecule has 98 valence electrons. The Kier molecular flexibility index (Phi) is 4.38. The number of aryl methyl sites for hydroxylation is 1. The third kappa shape index (κ3) is 2.32. The number of carbonyl (C=O) groups excluding carboxylic acids is 2. The van der Waals surface area contributed by atoms with Gasteiger partial charge >= 0.3 is 0 Å². The summed E-state index contributed by atoms with van der Waals surface area (Å²) in [6, 6.07) is 1.88. The van der Waals surface area contributed by atoms with Gasteiger partial charge in [-0.05, 0) is 44.1 Å². The van der Waals surface area contributed by atoms with Gasteiger partial charge in [-0.2, -0.15) is 0 Å². The molecule has 0 aliphatic heterocycles. The van der Waals surface area contributed by atoms with E-state index in [2.05, 4.69) is 15.9 Å². The first kappa shape index (κ1) is 13.9. The fourth-order valence-electron chi connectivity index (χ4n) is 2.71. The number of Topliss-reactive ketones (excluding diaryl/α,β-unsaturated/α-hetero) is 2. The normalized spacial score (nSPS) is 22.9. The second kappa shape index (κ2) is 5.66. The van der Waals surface area contributed by atoms with E-state index in [0.717, 1.165) is 35.0 Å². The smallest absolute Gasteiger partial charge is 0.177 e. The quantitative estimate of drug-likeness (QED) is 0.464. The lowest BCUT2D eigenvalue weighted by atomic mass is 9.67. The van der Waals surface area contributed by atoms with Crippen LogP contribution in [0.3, 0.4) is 0 Å². The molecular weight excluding hydrogens is 312 g/mol. The van der Waals surface area contributed by atoms with Crippen LogP contribution in [0.4, 0.5) is 0 Å². The molecule has 2 nitrogen and oxygen atoms in total. The predicted octanol–water partition coefficient (Wildman–Crippen LogP) is 4.02. The van der Waals surface area contributed by atoms with Gasteiger partial charge < -0.3 is 0 Å². The largest absolute Gasteiger partial charge is 0.299 e. The van der Waals surface area contributed by atoms with Crippen LogP contribution in [0.15, 0.2) is 11.4 Å². The molecule has 0 fully saturated rings. The van der Waals surface area contributed by atoms with E-state index in [1.807, 2.05) is 11.4 Å². The minimum Gasteiger partial charge on any atom is -0.299 e. The van der Waals surface area contributed by atoms with Gasteiger partial charge in [0.2, 0.25) is 0 Å². The van der Waals surface area contributed by atoms with Gasteiger partial charge in [-0.15, -0.1) is 11.3 Å². The standard InChI is InChI=1S/C14H17BrO2S/c1-10(16)14(6-2-3-8-15)7-4-12-11(13(14)17)5-9-18-12/h5,9H,2-4,6-8H2,1H3. The van der Waals surface area contributed by atoms with Crippen LogP contribution >= 0.6 is 27.3 Å². The van der Waals surface area contributed by atoms with Crippen molar-refractivity contribution in [3.05, 3.63) is 21.9 Å². The van der Waals surface area contributed by atoms with Gasteiger partial charge in [0.05, 0.1) is 5.41 Å². The van der Waals surface area contributed by atoms with Crippen molar-refractivity contribution in [3.8, 4) is 0 Å². The van der Waals surface area contributed by atoms with Gasteiger partial charge in [0.1, 0.15) is 5.78 Å². The number of rotatable bonds is 5. The molecule has 1 heterocycles. The lowest BCUT2D eigenvalue weighted by Gasteiger charge is -2.33. The van der Waals surface area contributed by atoms with E-state index in [-0.39, 0.29) is 11.6 Å². The summed E-state index contributed by atoms with van der Waals surface area (Å²) in [5.74, 6) is 0.103. The maximum atomic E-state index is 12.6. The monoisotopic (exact) mass is 328 g/mol. The van der Waals surface area contributed by atoms with E-state index in [4.69, 9.17) is 0 Å². The number of fused-ring (bicyclic) bond motifs is 1. The SMILES string of the molecule is CC(=O)C1(CCCCBr)CCc2sccc2C1=O. The minimum atomic E-state index is -0.740. The molecule has 1 aromatic rings. The zero-order valence-electron chi connectivity index (χ0n) is 10.5. The number of alkyl halides is 1. The molecule has 1 aliphatic rings. The van der Waals surface area contributed by atoms with E-state index in [1.165, 1.54) is 0 Å². The molecule has 1 aliphatic carbocycles. The van der Waals surface area contributed by atoms with Crippen molar-refractivity contribution >= 4 is 38.8 Å². The van der Waals surface area contributed by atoms with Gasteiger partial charge in [0.25, 0.3) is 0 Å². The number of hydrogen-bond donors (Lipinski definition) is 0. The molecule has 1 atom stereocenters. The lowest BCUT2D eigenvalue weighted by Crippen LogP contribution is -2.41. The average molecular weight is 329 g/mol. The van der Waals surface area contributed by atoms with E-state index in [0.29, 0.717) is 12.8 Å². The number of carbonyl (C=O) groups is 2. The summed E-state index contributed by atoms with van der Waals surface area (Å²) in [5, 5.41) is 2.89. The molecule has 0 N–H and O–H groups in total. The molecule has 4 heteroatoms. The zero-order valence-corrected chi connectivity index (χ0v) is 12.9.